The molecule has 1 heteroatoms. The van der Waals surface area contributed by atoms with Crippen molar-refractivity contribution in [3.63, 3.8) is 0 Å². The van der Waals surface area contributed by atoms with Gasteiger partial charge in [-0.3, -0.25) is 0 Å². The zero-order valence-electron chi connectivity index (χ0n) is 13.7. The lowest BCUT2D eigenvalue weighted by Gasteiger charge is -2.10. The van der Waals surface area contributed by atoms with Crippen molar-refractivity contribution in [3.05, 3.63) is 29.8 Å². The average molecular weight is 264 g/mol. The van der Waals surface area contributed by atoms with E-state index in [2.05, 4.69) is 52.0 Å². The number of benzene rings is 1. The van der Waals surface area contributed by atoms with Crippen LogP contribution in [0, 0.1) is 11.8 Å². The van der Waals surface area contributed by atoms with Crippen LogP contribution in [-0.2, 0) is 6.42 Å². The fourth-order valence-electron chi connectivity index (χ4n) is 1.66. The van der Waals surface area contributed by atoms with E-state index in [1.165, 1.54) is 12.0 Å². The first kappa shape index (κ1) is 18.0. The summed E-state index contributed by atoms with van der Waals surface area (Å²) in [6.07, 6.45) is 3.52. The normalized spacial score (nSPS) is 10.3. The van der Waals surface area contributed by atoms with Gasteiger partial charge in [-0.2, -0.15) is 0 Å². The Morgan fingerprint density at radius 1 is 0.947 bits per heavy atom. The lowest BCUT2D eigenvalue weighted by molar-refractivity contribution is 0.289. The highest BCUT2D eigenvalue weighted by molar-refractivity contribution is 5.28. The molecule has 19 heavy (non-hydrogen) atoms. The third kappa shape index (κ3) is 9.58. The predicted octanol–water partition coefficient (Wildman–Crippen LogP) is 5.73. The zero-order chi connectivity index (χ0) is 14.7. The molecule has 0 spiro atoms. The van der Waals surface area contributed by atoms with E-state index in [0.717, 1.165) is 31.1 Å². The molecule has 0 aromatic heterocycles. The van der Waals surface area contributed by atoms with Crippen LogP contribution < -0.4 is 4.74 Å². The van der Waals surface area contributed by atoms with Crippen LogP contribution in [0.4, 0.5) is 0 Å². The highest BCUT2D eigenvalue weighted by Gasteiger charge is 2.00. The maximum Gasteiger partial charge on any atom is 0.119 e. The molecule has 0 radical (unpaired) electrons. The van der Waals surface area contributed by atoms with Gasteiger partial charge in [0.25, 0.3) is 0 Å². The van der Waals surface area contributed by atoms with Gasteiger partial charge in [-0.1, -0.05) is 53.7 Å². The summed E-state index contributed by atoms with van der Waals surface area (Å²) in [6, 6.07) is 8.53. The van der Waals surface area contributed by atoms with Gasteiger partial charge in [-0.15, -0.1) is 0 Å². The molecule has 0 bridgehead atoms. The van der Waals surface area contributed by atoms with Gasteiger partial charge in [-0.05, 0) is 48.8 Å². The van der Waals surface area contributed by atoms with Gasteiger partial charge >= 0.3 is 0 Å². The van der Waals surface area contributed by atoms with Crippen molar-refractivity contribution in [3.8, 4) is 5.75 Å². The van der Waals surface area contributed by atoms with Gasteiger partial charge in [0.1, 0.15) is 5.75 Å². The molecular weight excluding hydrogens is 232 g/mol. The maximum atomic E-state index is 5.76. The summed E-state index contributed by atoms with van der Waals surface area (Å²) in [5, 5.41) is 0. The first-order valence-corrected chi connectivity index (χ1v) is 7.79. The Kier molecular flexibility index (Phi) is 10.3. The molecular formula is C18H32O. The summed E-state index contributed by atoms with van der Waals surface area (Å²) in [4.78, 5) is 0. The van der Waals surface area contributed by atoms with E-state index in [0.29, 0.717) is 5.92 Å². The molecule has 0 saturated carbocycles. The smallest absolute Gasteiger partial charge is 0.119 e. The minimum atomic E-state index is 0.708. The van der Waals surface area contributed by atoms with E-state index in [9.17, 15) is 0 Å². The minimum absolute atomic E-state index is 0.708. The van der Waals surface area contributed by atoms with Crippen molar-refractivity contribution in [2.75, 3.05) is 6.61 Å². The van der Waals surface area contributed by atoms with E-state index in [4.69, 9.17) is 4.74 Å². The van der Waals surface area contributed by atoms with Gasteiger partial charge in [0.15, 0.2) is 0 Å². The second-order valence-corrected chi connectivity index (χ2v) is 5.61. The molecule has 0 amide bonds. The summed E-state index contributed by atoms with van der Waals surface area (Å²) in [5.41, 5.74) is 1.39. The van der Waals surface area contributed by atoms with Crippen LogP contribution in [0.25, 0.3) is 0 Å². The summed E-state index contributed by atoms with van der Waals surface area (Å²) in [6.45, 7) is 13.8. The summed E-state index contributed by atoms with van der Waals surface area (Å²) < 4.78 is 5.76. The fraction of sp³-hybridized carbons (Fsp3) is 0.667. The van der Waals surface area contributed by atoms with Crippen molar-refractivity contribution < 1.29 is 4.74 Å². The number of rotatable bonds is 7. The maximum absolute atomic E-state index is 5.76. The highest BCUT2D eigenvalue weighted by atomic mass is 16.5. The zero-order valence-corrected chi connectivity index (χ0v) is 13.7. The lowest BCUT2D eigenvalue weighted by Crippen LogP contribution is -2.01. The Hall–Kier alpha value is -0.980. The van der Waals surface area contributed by atoms with Crippen molar-refractivity contribution in [2.24, 2.45) is 11.8 Å². The van der Waals surface area contributed by atoms with Crippen LogP contribution in [0.1, 0.15) is 59.9 Å². The van der Waals surface area contributed by atoms with E-state index < -0.39 is 0 Å². The van der Waals surface area contributed by atoms with E-state index in [1.54, 1.807) is 0 Å². The third-order valence-corrected chi connectivity index (χ3v) is 2.87. The van der Waals surface area contributed by atoms with E-state index in [-0.39, 0.29) is 0 Å². The molecule has 1 nitrogen and oxygen atoms in total. The van der Waals surface area contributed by atoms with Gasteiger partial charge in [0, 0.05) is 0 Å². The van der Waals surface area contributed by atoms with Gasteiger partial charge in [-0.25, -0.2) is 0 Å². The highest BCUT2D eigenvalue weighted by Crippen LogP contribution is 2.17. The molecule has 0 saturated heterocycles. The summed E-state index contributed by atoms with van der Waals surface area (Å²) in [5.74, 6) is 2.49. The Bertz CT molecular complexity index is 315. The van der Waals surface area contributed by atoms with Crippen LogP contribution in [0.5, 0.6) is 5.75 Å². The van der Waals surface area contributed by atoms with Gasteiger partial charge in [0.2, 0.25) is 0 Å². The Morgan fingerprint density at radius 2 is 1.58 bits per heavy atom. The first-order valence-electron chi connectivity index (χ1n) is 7.79. The standard InChI is InChI=1S/C16H26O.C2H6/c1-13(2)8-9-15-6-5-7-16(12-15)17-11-10-14(3)4;1-2/h5-7,12-14H,8-11H2,1-4H3;1-2H3. The van der Waals surface area contributed by atoms with Crippen molar-refractivity contribution in [1.82, 2.24) is 0 Å². The average Bonchev–Trinajstić information content (AvgIpc) is 2.39. The molecule has 0 fully saturated rings. The summed E-state index contributed by atoms with van der Waals surface area (Å²) >= 11 is 0. The predicted molar refractivity (Wildman–Crippen MR) is 85.9 cm³/mol. The van der Waals surface area contributed by atoms with Crippen LogP contribution >= 0.6 is 0 Å². The lowest BCUT2D eigenvalue weighted by atomic mass is 10.0. The van der Waals surface area contributed by atoms with Crippen molar-refractivity contribution in [2.45, 2.75) is 60.8 Å². The molecule has 1 rings (SSSR count). The van der Waals surface area contributed by atoms with Crippen LogP contribution in [-0.4, -0.2) is 6.61 Å². The molecule has 1 aromatic rings. The van der Waals surface area contributed by atoms with Crippen molar-refractivity contribution >= 4 is 0 Å². The number of hydrogen-bond acceptors (Lipinski definition) is 1. The van der Waals surface area contributed by atoms with Crippen molar-refractivity contribution in [1.29, 1.82) is 0 Å². The molecule has 110 valence electrons. The Balaban J connectivity index is 0.00000154. The second-order valence-electron chi connectivity index (χ2n) is 5.61. The summed E-state index contributed by atoms with van der Waals surface area (Å²) in [7, 11) is 0. The Morgan fingerprint density at radius 3 is 2.16 bits per heavy atom. The number of hydrogen-bond donors (Lipinski definition) is 0. The van der Waals surface area contributed by atoms with E-state index in [1.807, 2.05) is 13.8 Å². The first-order chi connectivity index (χ1) is 9.08. The quantitative estimate of drug-likeness (QED) is 0.611. The van der Waals surface area contributed by atoms with Crippen LogP contribution in [0.3, 0.4) is 0 Å². The van der Waals surface area contributed by atoms with Gasteiger partial charge in [0.05, 0.1) is 6.61 Å². The van der Waals surface area contributed by atoms with E-state index >= 15 is 0 Å². The third-order valence-electron chi connectivity index (χ3n) is 2.87. The second kappa shape index (κ2) is 10.9. The molecule has 0 aliphatic rings. The largest absolute Gasteiger partial charge is 0.494 e. The monoisotopic (exact) mass is 264 g/mol. The van der Waals surface area contributed by atoms with Crippen LogP contribution in [0.2, 0.25) is 0 Å². The molecule has 0 aliphatic heterocycles. The topological polar surface area (TPSA) is 9.23 Å². The molecule has 0 atom stereocenters. The van der Waals surface area contributed by atoms with Crippen LogP contribution in [0.15, 0.2) is 24.3 Å². The van der Waals surface area contributed by atoms with Gasteiger partial charge < -0.3 is 4.74 Å². The molecule has 0 N–H and O–H groups in total. The molecule has 0 heterocycles. The molecule has 0 aliphatic carbocycles. The number of aryl methyl sites for hydroxylation is 1. The molecule has 1 aromatic carbocycles. The minimum Gasteiger partial charge on any atom is -0.494 e. The Labute approximate surface area is 120 Å². The SMILES string of the molecule is CC.CC(C)CCOc1cccc(CCC(C)C)c1. The fourth-order valence-corrected chi connectivity index (χ4v) is 1.66. The number of ether oxygens (including phenoxy) is 1. The molecule has 0 unspecified atom stereocenters.